The van der Waals surface area contributed by atoms with Crippen LogP contribution in [0.15, 0.2) is 30.3 Å². The molecule has 0 bridgehead atoms. The zero-order chi connectivity index (χ0) is 6.53. The van der Waals surface area contributed by atoms with E-state index >= 15 is 0 Å². The standard InChI is InChI=1S/C8H11P.CH3.Y/c1-2-9-8-6-4-3-5-7-8;;/h3-7,9H,2H2,1H3;1H3;/q;-1;. The van der Waals surface area contributed by atoms with Crippen LogP contribution >= 0.6 is 8.58 Å². The first-order chi connectivity index (χ1) is 4.43. The van der Waals surface area contributed by atoms with E-state index in [0.29, 0.717) is 0 Å². The van der Waals surface area contributed by atoms with Crippen LogP contribution in [0.1, 0.15) is 6.92 Å². The molecule has 0 heterocycles. The Morgan fingerprint density at radius 2 is 1.73 bits per heavy atom. The first-order valence-electron chi connectivity index (χ1n) is 3.22. The van der Waals surface area contributed by atoms with Gasteiger partial charge in [-0.1, -0.05) is 45.8 Å². The topological polar surface area (TPSA) is 0 Å². The molecule has 1 aromatic rings. The first-order valence-corrected chi connectivity index (χ1v) is 4.43. The van der Waals surface area contributed by atoms with Gasteiger partial charge in [0.25, 0.3) is 0 Å². The van der Waals surface area contributed by atoms with Gasteiger partial charge < -0.3 is 7.43 Å². The number of benzene rings is 1. The quantitative estimate of drug-likeness (QED) is 0.552. The number of rotatable bonds is 2. The molecular weight excluding hydrogens is 228 g/mol. The molecule has 0 fully saturated rings. The van der Waals surface area contributed by atoms with Crippen molar-refractivity contribution in [2.75, 3.05) is 6.16 Å². The van der Waals surface area contributed by atoms with Gasteiger partial charge in [0.05, 0.1) is 0 Å². The maximum absolute atomic E-state index is 2.21. The van der Waals surface area contributed by atoms with Crippen molar-refractivity contribution in [1.82, 2.24) is 0 Å². The van der Waals surface area contributed by atoms with Crippen molar-refractivity contribution >= 4 is 13.9 Å². The molecule has 0 nitrogen and oxygen atoms in total. The van der Waals surface area contributed by atoms with Crippen LogP contribution in [-0.4, -0.2) is 6.16 Å². The fourth-order valence-corrected chi connectivity index (χ4v) is 1.60. The molecule has 2 heteroatoms. The Morgan fingerprint density at radius 3 is 2.18 bits per heavy atom. The smallest absolute Gasteiger partial charge is 0 e. The molecular formula is C9H14PY-. The van der Waals surface area contributed by atoms with Gasteiger partial charge in [0.2, 0.25) is 0 Å². The molecule has 1 aromatic carbocycles. The van der Waals surface area contributed by atoms with Crippen LogP contribution in [0.4, 0.5) is 0 Å². The third-order valence-corrected chi connectivity index (χ3v) is 2.25. The predicted octanol–water partition coefficient (Wildman–Crippen LogP) is 2.46. The molecule has 0 saturated heterocycles. The summed E-state index contributed by atoms with van der Waals surface area (Å²) in [5.41, 5.74) is 0. The molecule has 1 rings (SSSR count). The number of hydrogen-bond donors (Lipinski definition) is 0. The van der Waals surface area contributed by atoms with E-state index in [0.717, 1.165) is 8.58 Å². The van der Waals surface area contributed by atoms with Crippen molar-refractivity contribution in [3.63, 3.8) is 0 Å². The van der Waals surface area contributed by atoms with E-state index in [1.165, 1.54) is 11.5 Å². The van der Waals surface area contributed by atoms with E-state index in [-0.39, 0.29) is 40.1 Å². The summed E-state index contributed by atoms with van der Waals surface area (Å²) >= 11 is 0. The van der Waals surface area contributed by atoms with Gasteiger partial charge in [-0.15, -0.1) is 0 Å². The van der Waals surface area contributed by atoms with Gasteiger partial charge in [-0.2, -0.15) is 0 Å². The second-order valence-electron chi connectivity index (χ2n) is 1.90. The molecule has 1 atom stereocenters. The van der Waals surface area contributed by atoms with Crippen LogP contribution in [0.3, 0.4) is 0 Å². The summed E-state index contributed by atoms with van der Waals surface area (Å²) < 4.78 is 0. The Morgan fingerprint density at radius 1 is 1.18 bits per heavy atom. The third kappa shape index (κ3) is 5.96. The normalized spacial score (nSPS) is 8.82. The van der Waals surface area contributed by atoms with Gasteiger partial charge in [-0.25, -0.2) is 0 Å². The predicted molar refractivity (Wildman–Crippen MR) is 51.3 cm³/mol. The Hall–Kier alpha value is 0.754. The molecule has 0 saturated carbocycles. The van der Waals surface area contributed by atoms with Gasteiger partial charge in [-0.05, 0) is 11.5 Å². The molecule has 0 aromatic heterocycles. The minimum absolute atomic E-state index is 0. The van der Waals surface area contributed by atoms with Crippen LogP contribution in [0.5, 0.6) is 0 Å². The monoisotopic (exact) mass is 242 g/mol. The average Bonchev–Trinajstić information content (AvgIpc) is 1.91. The molecule has 0 aliphatic heterocycles. The van der Waals surface area contributed by atoms with Gasteiger partial charge in [0, 0.05) is 32.7 Å². The molecule has 0 N–H and O–H groups in total. The van der Waals surface area contributed by atoms with Crippen molar-refractivity contribution in [3.05, 3.63) is 37.8 Å². The maximum Gasteiger partial charge on any atom is 0 e. The van der Waals surface area contributed by atoms with Crippen LogP contribution in [-0.2, 0) is 32.7 Å². The van der Waals surface area contributed by atoms with E-state index in [4.69, 9.17) is 0 Å². The fraction of sp³-hybridized carbons (Fsp3) is 0.222. The summed E-state index contributed by atoms with van der Waals surface area (Å²) in [7, 11) is 0.987. The van der Waals surface area contributed by atoms with Crippen molar-refractivity contribution in [1.29, 1.82) is 0 Å². The Bertz CT molecular complexity index is 162. The molecule has 0 amide bonds. The van der Waals surface area contributed by atoms with E-state index < -0.39 is 0 Å². The van der Waals surface area contributed by atoms with Gasteiger partial charge in [0.15, 0.2) is 0 Å². The van der Waals surface area contributed by atoms with Crippen LogP contribution < -0.4 is 5.30 Å². The summed E-state index contributed by atoms with van der Waals surface area (Å²) in [5.74, 6) is 0. The molecule has 1 radical (unpaired) electrons. The Labute approximate surface area is 96.8 Å². The van der Waals surface area contributed by atoms with E-state index in [1.807, 2.05) is 0 Å². The zero-order valence-corrected chi connectivity index (χ0v) is 11.0. The Kier molecular flexibility index (Phi) is 11.5. The summed E-state index contributed by atoms with van der Waals surface area (Å²) in [6.45, 7) is 2.21. The van der Waals surface area contributed by atoms with Gasteiger partial charge in [0.1, 0.15) is 0 Å². The molecule has 59 valence electrons. The maximum atomic E-state index is 2.21. The molecule has 0 aliphatic rings. The summed E-state index contributed by atoms with van der Waals surface area (Å²) in [6.07, 6.45) is 1.27. The number of hydrogen-bond acceptors (Lipinski definition) is 0. The van der Waals surface area contributed by atoms with E-state index in [1.54, 1.807) is 0 Å². The van der Waals surface area contributed by atoms with Crippen LogP contribution in [0.25, 0.3) is 0 Å². The summed E-state index contributed by atoms with van der Waals surface area (Å²) in [4.78, 5) is 0. The molecule has 11 heavy (non-hydrogen) atoms. The molecule has 0 spiro atoms. The van der Waals surface area contributed by atoms with Crippen molar-refractivity contribution in [3.8, 4) is 0 Å². The average molecular weight is 242 g/mol. The summed E-state index contributed by atoms with van der Waals surface area (Å²) in [5, 5.41) is 1.47. The minimum Gasteiger partial charge on any atom is -0.358 e. The SMILES string of the molecule is CCPc1ccccc1.[CH3-].[Y]. The second kappa shape index (κ2) is 8.85. The zero-order valence-electron chi connectivity index (χ0n) is 7.17. The van der Waals surface area contributed by atoms with E-state index in [9.17, 15) is 0 Å². The van der Waals surface area contributed by atoms with Gasteiger partial charge in [-0.3, -0.25) is 0 Å². The Balaban J connectivity index is 0. The second-order valence-corrected chi connectivity index (χ2v) is 3.53. The minimum atomic E-state index is 0. The van der Waals surface area contributed by atoms with Crippen molar-refractivity contribution in [2.24, 2.45) is 0 Å². The van der Waals surface area contributed by atoms with E-state index in [2.05, 4.69) is 37.3 Å². The molecule has 0 aliphatic carbocycles. The van der Waals surface area contributed by atoms with Crippen molar-refractivity contribution < 1.29 is 32.7 Å². The fourth-order valence-electron chi connectivity index (χ4n) is 0.760. The third-order valence-electron chi connectivity index (χ3n) is 1.15. The van der Waals surface area contributed by atoms with Crippen LogP contribution in [0, 0.1) is 7.43 Å². The first kappa shape index (κ1) is 14.3. The van der Waals surface area contributed by atoms with Crippen LogP contribution in [0.2, 0.25) is 0 Å². The van der Waals surface area contributed by atoms with Gasteiger partial charge >= 0.3 is 0 Å². The summed E-state index contributed by atoms with van der Waals surface area (Å²) in [6, 6.07) is 10.6. The van der Waals surface area contributed by atoms with Crippen molar-refractivity contribution in [2.45, 2.75) is 6.92 Å². The largest absolute Gasteiger partial charge is 0.358 e. The molecule has 1 unspecified atom stereocenters.